The van der Waals surface area contributed by atoms with Crippen LogP contribution < -0.4 is 30.0 Å². The standard InChI is InChI=1S/C26H27N5O5/c1-33-19-11-10-16(12-18(19)28-26(32)22(27)15-8-6-5-7-9-15)23-24(30-31-29-23)17-13-20(34-2)25(36-4)21(14-17)35-3/h5-14,22H,27H2,1-4H3,(H,28,32)(H,29,30,31)/p+1. The Bertz CT molecular complexity index is 1330. The number of benzene rings is 3. The molecule has 4 rings (SSSR count). The van der Waals surface area contributed by atoms with Gasteiger partial charge in [0.2, 0.25) is 5.75 Å². The van der Waals surface area contributed by atoms with Gasteiger partial charge >= 0.3 is 0 Å². The number of aromatic amines is 1. The molecule has 0 radical (unpaired) electrons. The Labute approximate surface area is 208 Å². The zero-order valence-electron chi connectivity index (χ0n) is 20.5. The van der Waals surface area contributed by atoms with Gasteiger partial charge in [-0.3, -0.25) is 4.79 Å². The van der Waals surface area contributed by atoms with Crippen LogP contribution in [-0.4, -0.2) is 49.8 Å². The Morgan fingerprint density at radius 1 is 0.806 bits per heavy atom. The number of anilines is 1. The molecule has 0 fully saturated rings. The van der Waals surface area contributed by atoms with Crippen LogP contribution in [0.3, 0.4) is 0 Å². The van der Waals surface area contributed by atoms with E-state index in [4.69, 9.17) is 18.9 Å². The third-order valence-electron chi connectivity index (χ3n) is 5.74. The van der Waals surface area contributed by atoms with Gasteiger partial charge in [-0.1, -0.05) is 30.3 Å². The van der Waals surface area contributed by atoms with Gasteiger partial charge in [-0.05, 0) is 30.3 Å². The number of nitrogens with zero attached hydrogens (tertiary/aromatic N) is 2. The van der Waals surface area contributed by atoms with Crippen LogP contribution in [0.4, 0.5) is 5.69 Å². The molecular formula is C26H28N5O5+. The molecule has 0 bridgehead atoms. The molecule has 4 aromatic rings. The van der Waals surface area contributed by atoms with E-state index >= 15 is 0 Å². The molecule has 186 valence electrons. The van der Waals surface area contributed by atoms with E-state index in [0.717, 1.165) is 5.56 Å². The summed E-state index contributed by atoms with van der Waals surface area (Å²) in [5.74, 6) is 1.70. The monoisotopic (exact) mass is 490 g/mol. The number of carbonyl (C=O) groups excluding carboxylic acids is 1. The average Bonchev–Trinajstić information content (AvgIpc) is 3.42. The number of amides is 1. The summed E-state index contributed by atoms with van der Waals surface area (Å²) in [4.78, 5) is 13.0. The number of methoxy groups -OCH3 is 4. The molecule has 0 aliphatic rings. The molecule has 1 amide bonds. The molecule has 10 heteroatoms. The molecule has 3 aromatic carbocycles. The summed E-state index contributed by atoms with van der Waals surface area (Å²) in [6, 6.07) is 17.7. The van der Waals surface area contributed by atoms with Crippen molar-refractivity contribution < 1.29 is 29.5 Å². The highest BCUT2D eigenvalue weighted by Crippen LogP contribution is 2.42. The van der Waals surface area contributed by atoms with Crippen molar-refractivity contribution >= 4 is 11.6 Å². The zero-order chi connectivity index (χ0) is 25.7. The second kappa shape index (κ2) is 10.8. The lowest BCUT2D eigenvalue weighted by Gasteiger charge is -2.15. The minimum atomic E-state index is -0.596. The number of hydrogen-bond donors (Lipinski definition) is 3. The summed E-state index contributed by atoms with van der Waals surface area (Å²) in [7, 11) is 6.19. The molecule has 0 aliphatic carbocycles. The molecular weight excluding hydrogens is 462 g/mol. The minimum absolute atomic E-state index is 0.262. The summed E-state index contributed by atoms with van der Waals surface area (Å²) in [6.07, 6.45) is 0. The number of hydrogen-bond acceptors (Lipinski definition) is 7. The quantitative estimate of drug-likeness (QED) is 0.328. The second-order valence-corrected chi connectivity index (χ2v) is 7.80. The molecule has 1 atom stereocenters. The average molecular weight is 491 g/mol. The smallest absolute Gasteiger partial charge is 0.287 e. The van der Waals surface area contributed by atoms with E-state index in [9.17, 15) is 4.79 Å². The van der Waals surface area contributed by atoms with Crippen LogP contribution in [0.2, 0.25) is 0 Å². The van der Waals surface area contributed by atoms with E-state index in [2.05, 4.69) is 26.5 Å². The first-order valence-electron chi connectivity index (χ1n) is 11.1. The van der Waals surface area contributed by atoms with Crippen molar-refractivity contribution in [1.29, 1.82) is 0 Å². The lowest BCUT2D eigenvalue weighted by atomic mass is 10.0. The van der Waals surface area contributed by atoms with Crippen LogP contribution >= 0.6 is 0 Å². The van der Waals surface area contributed by atoms with Gasteiger partial charge in [0.1, 0.15) is 17.1 Å². The third kappa shape index (κ3) is 4.80. The van der Waals surface area contributed by atoms with Crippen molar-refractivity contribution in [2.75, 3.05) is 33.8 Å². The molecule has 36 heavy (non-hydrogen) atoms. The Balaban J connectivity index is 1.71. The number of quaternary nitrogens is 1. The van der Waals surface area contributed by atoms with Crippen molar-refractivity contribution in [1.82, 2.24) is 15.4 Å². The van der Waals surface area contributed by atoms with Gasteiger partial charge in [0.05, 0.1) is 34.1 Å². The molecule has 0 spiro atoms. The molecule has 0 aliphatic heterocycles. The Morgan fingerprint density at radius 3 is 2.00 bits per heavy atom. The predicted molar refractivity (Wildman–Crippen MR) is 134 cm³/mol. The summed E-state index contributed by atoms with van der Waals surface area (Å²) in [6.45, 7) is 0. The molecule has 0 saturated carbocycles. The van der Waals surface area contributed by atoms with Crippen LogP contribution in [0, 0.1) is 0 Å². The normalized spacial score (nSPS) is 11.5. The molecule has 5 N–H and O–H groups in total. The van der Waals surface area contributed by atoms with E-state index < -0.39 is 6.04 Å². The van der Waals surface area contributed by atoms with Gasteiger partial charge in [0, 0.05) is 16.7 Å². The summed E-state index contributed by atoms with van der Waals surface area (Å²) >= 11 is 0. The van der Waals surface area contributed by atoms with E-state index in [1.165, 1.54) is 0 Å². The van der Waals surface area contributed by atoms with Crippen LogP contribution in [0.1, 0.15) is 11.6 Å². The van der Waals surface area contributed by atoms with Gasteiger partial charge in [0.15, 0.2) is 17.5 Å². The van der Waals surface area contributed by atoms with Crippen LogP contribution in [0.5, 0.6) is 23.0 Å². The number of aromatic nitrogens is 3. The van der Waals surface area contributed by atoms with E-state index in [0.29, 0.717) is 51.2 Å². The largest absolute Gasteiger partial charge is 0.495 e. The highest BCUT2D eigenvalue weighted by molar-refractivity contribution is 5.96. The summed E-state index contributed by atoms with van der Waals surface area (Å²) < 4.78 is 21.9. The molecule has 1 unspecified atom stereocenters. The number of ether oxygens (including phenoxy) is 4. The molecule has 0 saturated heterocycles. The first-order valence-corrected chi connectivity index (χ1v) is 11.1. The SMILES string of the molecule is COc1ccc(-c2n[nH]nc2-c2cc(OC)c(OC)c(OC)c2)cc1NC(=O)C([NH3+])c1ccccc1. The van der Waals surface area contributed by atoms with E-state index in [1.54, 1.807) is 52.7 Å². The van der Waals surface area contributed by atoms with Gasteiger partial charge in [-0.25, -0.2) is 0 Å². The van der Waals surface area contributed by atoms with Crippen LogP contribution in [0.25, 0.3) is 22.5 Å². The Hall–Kier alpha value is -4.57. The van der Waals surface area contributed by atoms with Gasteiger partial charge in [-0.2, -0.15) is 15.4 Å². The summed E-state index contributed by atoms with van der Waals surface area (Å²) in [5, 5.41) is 14.3. The highest BCUT2D eigenvalue weighted by atomic mass is 16.5. The van der Waals surface area contributed by atoms with Crippen molar-refractivity contribution in [3.63, 3.8) is 0 Å². The van der Waals surface area contributed by atoms with Crippen molar-refractivity contribution in [2.45, 2.75) is 6.04 Å². The zero-order valence-corrected chi connectivity index (χ0v) is 20.5. The van der Waals surface area contributed by atoms with Crippen LogP contribution in [-0.2, 0) is 4.79 Å². The fourth-order valence-corrected chi connectivity index (χ4v) is 3.86. The first kappa shape index (κ1) is 24.6. The molecule has 1 heterocycles. The maximum absolute atomic E-state index is 13.0. The fourth-order valence-electron chi connectivity index (χ4n) is 3.86. The summed E-state index contributed by atoms with van der Waals surface area (Å²) in [5.41, 5.74) is 7.87. The fraction of sp³-hybridized carbons (Fsp3) is 0.192. The van der Waals surface area contributed by atoms with E-state index in [1.807, 2.05) is 36.4 Å². The second-order valence-electron chi connectivity index (χ2n) is 7.80. The topological polar surface area (TPSA) is 135 Å². The van der Waals surface area contributed by atoms with Gasteiger partial charge < -0.3 is 30.0 Å². The van der Waals surface area contributed by atoms with Gasteiger partial charge in [-0.15, -0.1) is 0 Å². The molecule has 1 aromatic heterocycles. The van der Waals surface area contributed by atoms with E-state index in [-0.39, 0.29) is 5.91 Å². The van der Waals surface area contributed by atoms with Crippen molar-refractivity contribution in [3.05, 3.63) is 66.2 Å². The maximum atomic E-state index is 13.0. The lowest BCUT2D eigenvalue weighted by Crippen LogP contribution is -2.58. The number of nitrogens with one attached hydrogen (secondary N) is 2. The third-order valence-corrected chi connectivity index (χ3v) is 5.74. The first-order chi connectivity index (χ1) is 17.5. The highest BCUT2D eigenvalue weighted by Gasteiger charge is 2.23. The van der Waals surface area contributed by atoms with Crippen molar-refractivity contribution in [3.8, 4) is 45.5 Å². The van der Waals surface area contributed by atoms with Crippen molar-refractivity contribution in [2.24, 2.45) is 0 Å². The maximum Gasteiger partial charge on any atom is 0.287 e. The van der Waals surface area contributed by atoms with Gasteiger partial charge in [0.25, 0.3) is 5.91 Å². The Morgan fingerprint density at radius 2 is 1.42 bits per heavy atom. The number of rotatable bonds is 9. The minimum Gasteiger partial charge on any atom is -0.495 e. The number of carbonyl (C=O) groups is 1. The predicted octanol–water partition coefficient (Wildman–Crippen LogP) is 3.09. The number of H-pyrrole nitrogens is 1. The lowest BCUT2D eigenvalue weighted by molar-refractivity contribution is -0.408. The molecule has 10 nitrogen and oxygen atoms in total. The van der Waals surface area contributed by atoms with Crippen LogP contribution in [0.15, 0.2) is 60.7 Å². The Kier molecular flexibility index (Phi) is 7.36.